The first-order chi connectivity index (χ1) is 16.8. The topological polar surface area (TPSA) is 80.6 Å². The molecule has 7 heteroatoms. The second kappa shape index (κ2) is 12.0. The van der Waals surface area contributed by atoms with Crippen molar-refractivity contribution in [2.24, 2.45) is 0 Å². The van der Waals surface area contributed by atoms with Crippen LogP contribution in [0.15, 0.2) is 60.2 Å². The van der Waals surface area contributed by atoms with Crippen molar-refractivity contribution in [2.75, 3.05) is 19.0 Å². The Bertz CT molecular complexity index is 1280. The van der Waals surface area contributed by atoms with E-state index in [4.69, 9.17) is 25.8 Å². The van der Waals surface area contributed by atoms with E-state index in [1.165, 1.54) is 17.2 Å². The molecule has 6 nitrogen and oxygen atoms in total. The van der Waals surface area contributed by atoms with Crippen molar-refractivity contribution in [2.45, 2.75) is 27.4 Å². The molecule has 3 aromatic rings. The first kappa shape index (κ1) is 25.7. The average molecular weight is 491 g/mol. The molecule has 0 aliphatic heterocycles. The van der Waals surface area contributed by atoms with Crippen LogP contribution in [-0.4, -0.2) is 19.6 Å². The second-order valence-corrected chi connectivity index (χ2v) is 8.23. The Hall–Kier alpha value is -3.95. The Morgan fingerprint density at radius 2 is 1.80 bits per heavy atom. The Labute approximate surface area is 210 Å². The summed E-state index contributed by atoms with van der Waals surface area (Å²) >= 11 is 6.53. The third-order valence-electron chi connectivity index (χ3n) is 5.31. The molecule has 0 aromatic heterocycles. The zero-order chi connectivity index (χ0) is 25.4. The maximum Gasteiger partial charge on any atom is 0.266 e. The van der Waals surface area contributed by atoms with Crippen LogP contribution in [0.5, 0.6) is 17.2 Å². The van der Waals surface area contributed by atoms with Gasteiger partial charge >= 0.3 is 0 Å². The molecule has 0 radical (unpaired) electrons. The molecule has 35 heavy (non-hydrogen) atoms. The van der Waals surface area contributed by atoms with E-state index in [0.717, 1.165) is 5.56 Å². The minimum absolute atomic E-state index is 0.0804. The zero-order valence-electron chi connectivity index (χ0n) is 20.1. The van der Waals surface area contributed by atoms with Crippen molar-refractivity contribution in [1.82, 2.24) is 0 Å². The zero-order valence-corrected chi connectivity index (χ0v) is 20.9. The van der Waals surface area contributed by atoms with Gasteiger partial charge in [-0.3, -0.25) is 4.79 Å². The lowest BCUT2D eigenvalue weighted by molar-refractivity contribution is -0.112. The van der Waals surface area contributed by atoms with Crippen molar-refractivity contribution in [3.8, 4) is 23.3 Å². The maximum atomic E-state index is 12.7. The highest BCUT2D eigenvalue weighted by molar-refractivity contribution is 6.32. The van der Waals surface area contributed by atoms with Gasteiger partial charge in [0.05, 0.1) is 18.7 Å². The lowest BCUT2D eigenvalue weighted by Crippen LogP contribution is -2.13. The van der Waals surface area contributed by atoms with Crippen LogP contribution in [0, 0.1) is 25.2 Å². The third-order valence-corrected chi connectivity index (χ3v) is 5.59. The summed E-state index contributed by atoms with van der Waals surface area (Å²) in [4.78, 5) is 12.7. The number of rotatable bonds is 9. The van der Waals surface area contributed by atoms with Gasteiger partial charge in [0.25, 0.3) is 5.91 Å². The van der Waals surface area contributed by atoms with E-state index in [1.54, 1.807) is 43.5 Å². The maximum absolute atomic E-state index is 12.7. The van der Waals surface area contributed by atoms with Crippen LogP contribution in [0.3, 0.4) is 0 Å². The summed E-state index contributed by atoms with van der Waals surface area (Å²) in [5.74, 6) is 0.965. The third kappa shape index (κ3) is 6.78. The van der Waals surface area contributed by atoms with Gasteiger partial charge in [-0.2, -0.15) is 5.26 Å². The number of ether oxygens (including phenoxy) is 3. The van der Waals surface area contributed by atoms with Crippen LogP contribution >= 0.6 is 11.6 Å². The quantitative estimate of drug-likeness (QED) is 0.274. The van der Waals surface area contributed by atoms with Crippen LogP contribution in [0.2, 0.25) is 5.02 Å². The number of anilines is 1. The number of hydrogen-bond donors (Lipinski definition) is 1. The highest BCUT2D eigenvalue weighted by Gasteiger charge is 2.15. The standard InChI is InChI=1S/C28H27ClN2O4/c1-5-34-26-15-21(13-22(16-30)28(32)31-23-8-10-24(33-4)11-9-23)14-25(29)27(26)35-17-20-7-6-18(2)19(3)12-20/h6-15H,5,17H2,1-4H3,(H,31,32)/b22-13+. The van der Waals surface area contributed by atoms with Gasteiger partial charge in [-0.1, -0.05) is 29.8 Å². The SMILES string of the molecule is CCOc1cc(/C=C(\C#N)C(=O)Nc2ccc(OC)cc2)cc(Cl)c1OCc1ccc(C)c(C)c1. The Morgan fingerprint density at radius 3 is 2.43 bits per heavy atom. The largest absolute Gasteiger partial charge is 0.497 e. The first-order valence-electron chi connectivity index (χ1n) is 11.1. The first-order valence-corrected chi connectivity index (χ1v) is 11.4. The number of amides is 1. The van der Waals surface area contributed by atoms with Crippen molar-refractivity contribution < 1.29 is 19.0 Å². The van der Waals surface area contributed by atoms with Crippen molar-refractivity contribution in [1.29, 1.82) is 5.26 Å². The summed E-state index contributed by atoms with van der Waals surface area (Å²) in [5, 5.41) is 12.6. The second-order valence-electron chi connectivity index (χ2n) is 7.82. The highest BCUT2D eigenvalue weighted by atomic mass is 35.5. The predicted octanol–water partition coefficient (Wildman–Crippen LogP) is 6.49. The minimum atomic E-state index is -0.540. The number of methoxy groups -OCH3 is 1. The summed E-state index contributed by atoms with van der Waals surface area (Å²) in [6.45, 7) is 6.68. The van der Waals surface area contributed by atoms with E-state index in [9.17, 15) is 10.1 Å². The summed E-state index contributed by atoms with van der Waals surface area (Å²) in [6.07, 6.45) is 1.46. The van der Waals surface area contributed by atoms with Gasteiger partial charge in [0.15, 0.2) is 11.5 Å². The Morgan fingerprint density at radius 1 is 1.06 bits per heavy atom. The summed E-state index contributed by atoms with van der Waals surface area (Å²) in [7, 11) is 1.56. The van der Waals surface area contributed by atoms with Gasteiger partial charge in [0.2, 0.25) is 0 Å². The number of halogens is 1. The average Bonchev–Trinajstić information content (AvgIpc) is 2.84. The monoisotopic (exact) mass is 490 g/mol. The number of benzene rings is 3. The molecule has 0 aliphatic rings. The molecule has 0 bridgehead atoms. The molecule has 3 rings (SSSR count). The van der Waals surface area contributed by atoms with E-state index in [2.05, 4.69) is 25.2 Å². The molecular weight excluding hydrogens is 464 g/mol. The Balaban J connectivity index is 1.82. The molecule has 0 fully saturated rings. The lowest BCUT2D eigenvalue weighted by atomic mass is 10.1. The molecule has 0 saturated heterocycles. The molecule has 0 heterocycles. The van der Waals surface area contributed by atoms with Crippen LogP contribution < -0.4 is 19.5 Å². The number of carbonyl (C=O) groups is 1. The molecule has 0 saturated carbocycles. The van der Waals surface area contributed by atoms with Crippen molar-refractivity contribution >= 4 is 29.3 Å². The highest BCUT2D eigenvalue weighted by Crippen LogP contribution is 2.38. The number of carbonyl (C=O) groups excluding carboxylic acids is 1. The number of nitrogens with zero attached hydrogens (tertiary/aromatic N) is 1. The predicted molar refractivity (Wildman–Crippen MR) is 138 cm³/mol. The Kier molecular flexibility index (Phi) is 8.77. The van der Waals surface area contributed by atoms with Crippen LogP contribution in [0.4, 0.5) is 5.69 Å². The fourth-order valence-corrected chi connectivity index (χ4v) is 3.58. The normalized spacial score (nSPS) is 10.9. The van der Waals surface area contributed by atoms with Crippen LogP contribution in [0.1, 0.15) is 29.2 Å². The number of nitrogens with one attached hydrogen (secondary N) is 1. The van der Waals surface area contributed by atoms with Gasteiger partial charge < -0.3 is 19.5 Å². The van der Waals surface area contributed by atoms with Gasteiger partial charge in [0.1, 0.15) is 24.0 Å². The van der Waals surface area contributed by atoms with E-state index < -0.39 is 5.91 Å². The van der Waals surface area contributed by atoms with Crippen molar-refractivity contribution in [3.05, 3.63) is 87.4 Å². The van der Waals surface area contributed by atoms with Gasteiger partial charge in [0, 0.05) is 5.69 Å². The molecule has 1 N–H and O–H groups in total. The van der Waals surface area contributed by atoms with Gasteiger partial charge in [-0.15, -0.1) is 0 Å². The van der Waals surface area contributed by atoms with Crippen LogP contribution in [0.25, 0.3) is 6.08 Å². The summed E-state index contributed by atoms with van der Waals surface area (Å²) in [6, 6.07) is 18.2. The van der Waals surface area contributed by atoms with E-state index in [0.29, 0.717) is 46.7 Å². The molecule has 0 spiro atoms. The molecule has 180 valence electrons. The molecule has 3 aromatic carbocycles. The molecule has 0 atom stereocenters. The lowest BCUT2D eigenvalue weighted by Gasteiger charge is -2.15. The minimum Gasteiger partial charge on any atom is -0.497 e. The summed E-state index contributed by atoms with van der Waals surface area (Å²) < 4.78 is 16.9. The van der Waals surface area contributed by atoms with E-state index in [1.807, 2.05) is 25.1 Å². The molecule has 0 aliphatic carbocycles. The number of aryl methyl sites for hydroxylation is 2. The summed E-state index contributed by atoms with van der Waals surface area (Å²) in [5.41, 5.74) is 4.40. The molecule has 1 amide bonds. The number of nitriles is 1. The van der Waals surface area contributed by atoms with Crippen molar-refractivity contribution in [3.63, 3.8) is 0 Å². The van der Waals surface area contributed by atoms with E-state index in [-0.39, 0.29) is 5.57 Å². The van der Waals surface area contributed by atoms with Crippen LogP contribution in [-0.2, 0) is 11.4 Å². The fourth-order valence-electron chi connectivity index (χ4n) is 3.31. The molecule has 0 unspecified atom stereocenters. The van der Waals surface area contributed by atoms with Gasteiger partial charge in [-0.25, -0.2) is 0 Å². The molecular formula is C28H27ClN2O4. The van der Waals surface area contributed by atoms with Gasteiger partial charge in [-0.05, 0) is 85.5 Å². The number of hydrogen-bond acceptors (Lipinski definition) is 5. The van der Waals surface area contributed by atoms with E-state index >= 15 is 0 Å². The fraction of sp³-hybridized carbons (Fsp3) is 0.214. The smallest absolute Gasteiger partial charge is 0.266 e.